The number of fused-ring (bicyclic) bond motifs is 1. The fraction of sp³-hybridized carbons (Fsp3) is 0.286. The molecule has 1 aliphatic rings. The zero-order valence-corrected chi connectivity index (χ0v) is 15.0. The van der Waals surface area contributed by atoms with Crippen molar-refractivity contribution in [3.05, 3.63) is 64.7 Å². The maximum Gasteiger partial charge on any atom is 0.338 e. The molecule has 0 saturated carbocycles. The van der Waals surface area contributed by atoms with E-state index in [1.54, 1.807) is 12.1 Å². The first-order valence-electron chi connectivity index (χ1n) is 8.80. The quantitative estimate of drug-likeness (QED) is 0.446. The predicted octanol–water partition coefficient (Wildman–Crippen LogP) is 4.14. The van der Waals surface area contributed by atoms with E-state index in [1.165, 1.54) is 18.2 Å². The number of hydrogen-bond donors (Lipinski definition) is 0. The normalized spacial score (nSPS) is 13.1. The zero-order valence-electron chi connectivity index (χ0n) is 15.0. The summed E-state index contributed by atoms with van der Waals surface area (Å²) in [6.07, 6.45) is 2.85. The molecule has 1 heterocycles. The molecule has 0 N–H and O–H groups in total. The van der Waals surface area contributed by atoms with Gasteiger partial charge in [0, 0.05) is 0 Å². The van der Waals surface area contributed by atoms with Gasteiger partial charge >= 0.3 is 5.97 Å². The van der Waals surface area contributed by atoms with Crippen molar-refractivity contribution in [1.29, 1.82) is 0 Å². The van der Waals surface area contributed by atoms with E-state index in [0.29, 0.717) is 17.9 Å². The average Bonchev–Trinajstić information content (AvgIpc) is 2.89. The Morgan fingerprint density at radius 1 is 1.00 bits per heavy atom. The standard InChI is InChI=1S/C21H21NO4/c1-3-4-7-12-26-21(25)15-10-11-16-17(13-15)20(24)22(19(16)23)18-9-6-5-8-14(18)2/h5-6,8-11,13H,3-4,7,12H2,1-2H3. The molecule has 134 valence electrons. The van der Waals surface area contributed by atoms with E-state index in [1.807, 2.05) is 19.1 Å². The fourth-order valence-corrected chi connectivity index (χ4v) is 3.00. The van der Waals surface area contributed by atoms with Crippen molar-refractivity contribution in [1.82, 2.24) is 0 Å². The van der Waals surface area contributed by atoms with E-state index in [9.17, 15) is 14.4 Å². The van der Waals surface area contributed by atoms with Crippen molar-refractivity contribution in [2.24, 2.45) is 0 Å². The highest BCUT2D eigenvalue weighted by atomic mass is 16.5. The second-order valence-corrected chi connectivity index (χ2v) is 6.34. The molecule has 0 saturated heterocycles. The van der Waals surface area contributed by atoms with Crippen molar-refractivity contribution < 1.29 is 19.1 Å². The van der Waals surface area contributed by atoms with E-state index >= 15 is 0 Å². The van der Waals surface area contributed by atoms with Gasteiger partial charge in [-0.3, -0.25) is 9.59 Å². The molecule has 26 heavy (non-hydrogen) atoms. The van der Waals surface area contributed by atoms with Gasteiger partial charge in [-0.2, -0.15) is 0 Å². The number of esters is 1. The Hall–Kier alpha value is -2.95. The molecule has 0 fully saturated rings. The number of carbonyl (C=O) groups is 3. The number of anilines is 1. The van der Waals surface area contributed by atoms with Crippen molar-refractivity contribution >= 4 is 23.5 Å². The Morgan fingerprint density at radius 2 is 1.73 bits per heavy atom. The molecule has 2 amide bonds. The largest absolute Gasteiger partial charge is 0.462 e. The smallest absolute Gasteiger partial charge is 0.338 e. The third kappa shape index (κ3) is 3.25. The first kappa shape index (κ1) is 17.9. The number of unbranched alkanes of at least 4 members (excludes halogenated alkanes) is 2. The SMILES string of the molecule is CCCCCOC(=O)c1ccc2c(c1)C(=O)N(c1ccccc1C)C2=O. The van der Waals surface area contributed by atoms with Crippen LogP contribution in [0.5, 0.6) is 0 Å². The second kappa shape index (κ2) is 7.52. The molecule has 0 bridgehead atoms. The van der Waals surface area contributed by atoms with Crippen LogP contribution in [-0.2, 0) is 4.74 Å². The average molecular weight is 351 g/mol. The molecule has 0 unspecified atom stereocenters. The summed E-state index contributed by atoms with van der Waals surface area (Å²) in [5.41, 5.74) is 2.22. The Balaban J connectivity index is 1.84. The highest BCUT2D eigenvalue weighted by molar-refractivity contribution is 6.34. The summed E-state index contributed by atoms with van der Waals surface area (Å²) >= 11 is 0. The van der Waals surface area contributed by atoms with Gasteiger partial charge in [0.1, 0.15) is 0 Å². The molecule has 3 rings (SSSR count). The molecule has 0 aromatic heterocycles. The predicted molar refractivity (Wildman–Crippen MR) is 98.6 cm³/mol. The molecule has 0 radical (unpaired) electrons. The van der Waals surface area contributed by atoms with Gasteiger partial charge in [0.05, 0.1) is 29.0 Å². The van der Waals surface area contributed by atoms with Crippen molar-refractivity contribution in [3.8, 4) is 0 Å². The lowest BCUT2D eigenvalue weighted by atomic mass is 10.1. The number of carbonyl (C=O) groups excluding carboxylic acids is 3. The van der Waals surface area contributed by atoms with Gasteiger partial charge < -0.3 is 4.74 Å². The van der Waals surface area contributed by atoms with E-state index in [0.717, 1.165) is 29.7 Å². The third-order valence-electron chi connectivity index (χ3n) is 4.46. The number of para-hydroxylation sites is 1. The summed E-state index contributed by atoms with van der Waals surface area (Å²) in [5, 5.41) is 0. The first-order valence-corrected chi connectivity index (χ1v) is 8.80. The molecular formula is C21H21NO4. The summed E-state index contributed by atoms with van der Waals surface area (Å²) in [6.45, 7) is 4.27. The maximum atomic E-state index is 12.8. The van der Waals surface area contributed by atoms with Crippen LogP contribution in [0.4, 0.5) is 5.69 Å². The summed E-state index contributed by atoms with van der Waals surface area (Å²) in [5.74, 6) is -1.26. The Labute approximate surface area is 152 Å². The highest BCUT2D eigenvalue weighted by Gasteiger charge is 2.37. The fourth-order valence-electron chi connectivity index (χ4n) is 3.00. The Kier molecular flexibility index (Phi) is 5.16. The van der Waals surface area contributed by atoms with Gasteiger partial charge in [0.25, 0.3) is 11.8 Å². The lowest BCUT2D eigenvalue weighted by Crippen LogP contribution is -2.29. The molecule has 5 nitrogen and oxygen atoms in total. The number of nitrogens with zero attached hydrogens (tertiary/aromatic N) is 1. The maximum absolute atomic E-state index is 12.8. The van der Waals surface area contributed by atoms with Crippen LogP contribution in [0.1, 0.15) is 62.8 Å². The molecular weight excluding hydrogens is 330 g/mol. The molecule has 0 spiro atoms. The van der Waals surface area contributed by atoms with E-state index in [-0.39, 0.29) is 17.0 Å². The van der Waals surface area contributed by atoms with Gasteiger partial charge in [0.2, 0.25) is 0 Å². The van der Waals surface area contributed by atoms with Crippen LogP contribution in [0, 0.1) is 6.92 Å². The van der Waals surface area contributed by atoms with Gasteiger partial charge in [-0.1, -0.05) is 38.0 Å². The highest BCUT2D eigenvalue weighted by Crippen LogP contribution is 2.31. The number of benzene rings is 2. The number of amides is 2. The van der Waals surface area contributed by atoms with Crippen molar-refractivity contribution in [2.75, 3.05) is 11.5 Å². The van der Waals surface area contributed by atoms with Gasteiger partial charge in [-0.15, -0.1) is 0 Å². The van der Waals surface area contributed by atoms with Crippen molar-refractivity contribution in [2.45, 2.75) is 33.1 Å². The zero-order chi connectivity index (χ0) is 18.7. The molecule has 1 aliphatic heterocycles. The number of imide groups is 1. The summed E-state index contributed by atoms with van der Waals surface area (Å²) in [7, 11) is 0. The summed E-state index contributed by atoms with van der Waals surface area (Å²) in [6, 6.07) is 11.7. The lowest BCUT2D eigenvalue weighted by Gasteiger charge is -2.16. The number of ether oxygens (including phenoxy) is 1. The molecule has 5 heteroatoms. The van der Waals surface area contributed by atoms with Gasteiger partial charge in [-0.05, 0) is 43.2 Å². The van der Waals surface area contributed by atoms with Crippen LogP contribution in [0.15, 0.2) is 42.5 Å². The van der Waals surface area contributed by atoms with E-state index in [2.05, 4.69) is 6.92 Å². The third-order valence-corrected chi connectivity index (χ3v) is 4.46. The lowest BCUT2D eigenvalue weighted by molar-refractivity contribution is 0.0498. The molecule has 0 atom stereocenters. The number of aryl methyl sites for hydroxylation is 1. The van der Waals surface area contributed by atoms with Crippen LogP contribution < -0.4 is 4.90 Å². The van der Waals surface area contributed by atoms with E-state index < -0.39 is 11.9 Å². The summed E-state index contributed by atoms with van der Waals surface area (Å²) < 4.78 is 5.23. The molecule has 2 aromatic rings. The minimum atomic E-state index is -0.474. The first-order chi connectivity index (χ1) is 12.5. The van der Waals surface area contributed by atoms with Crippen LogP contribution in [0.3, 0.4) is 0 Å². The monoisotopic (exact) mass is 351 g/mol. The minimum Gasteiger partial charge on any atom is -0.462 e. The van der Waals surface area contributed by atoms with Crippen LogP contribution >= 0.6 is 0 Å². The topological polar surface area (TPSA) is 63.7 Å². The van der Waals surface area contributed by atoms with E-state index in [4.69, 9.17) is 4.74 Å². The van der Waals surface area contributed by atoms with Gasteiger partial charge in [0.15, 0.2) is 0 Å². The molecule has 2 aromatic carbocycles. The second-order valence-electron chi connectivity index (χ2n) is 6.34. The Bertz CT molecular complexity index is 872. The Morgan fingerprint density at radius 3 is 2.46 bits per heavy atom. The van der Waals surface area contributed by atoms with Crippen LogP contribution in [0.25, 0.3) is 0 Å². The number of rotatable bonds is 6. The van der Waals surface area contributed by atoms with Crippen LogP contribution in [-0.4, -0.2) is 24.4 Å². The molecule has 0 aliphatic carbocycles. The van der Waals surface area contributed by atoms with Crippen LogP contribution in [0.2, 0.25) is 0 Å². The minimum absolute atomic E-state index is 0.237. The van der Waals surface area contributed by atoms with Gasteiger partial charge in [-0.25, -0.2) is 9.69 Å². The number of hydrogen-bond acceptors (Lipinski definition) is 4. The van der Waals surface area contributed by atoms with Crippen molar-refractivity contribution in [3.63, 3.8) is 0 Å². The summed E-state index contributed by atoms with van der Waals surface area (Å²) in [4.78, 5) is 38.8.